The zero-order chi connectivity index (χ0) is 11.6. The number of imidazole rings is 1. The summed E-state index contributed by atoms with van der Waals surface area (Å²) in [4.78, 5) is 4.30. The van der Waals surface area contributed by atoms with Gasteiger partial charge < -0.3 is 9.88 Å². The summed E-state index contributed by atoms with van der Waals surface area (Å²) in [6, 6.07) is 0. The highest BCUT2D eigenvalue weighted by Gasteiger charge is 2.26. The maximum Gasteiger partial charge on any atom is 0.128 e. The van der Waals surface area contributed by atoms with Crippen LogP contribution in [0.2, 0.25) is 5.15 Å². The monoisotopic (exact) mass is 241 g/mol. The molecule has 0 unspecified atom stereocenters. The molecule has 0 spiro atoms. The van der Waals surface area contributed by atoms with Gasteiger partial charge in [-0.3, -0.25) is 0 Å². The summed E-state index contributed by atoms with van der Waals surface area (Å²) in [5, 5.41) is 4.33. The van der Waals surface area contributed by atoms with E-state index in [1.165, 1.54) is 32.1 Å². The third-order valence-corrected chi connectivity index (χ3v) is 4.01. The zero-order valence-electron chi connectivity index (χ0n) is 10.1. The predicted molar refractivity (Wildman–Crippen MR) is 66.5 cm³/mol. The van der Waals surface area contributed by atoms with Crippen LogP contribution in [0.5, 0.6) is 0 Å². The number of aromatic nitrogens is 2. The molecule has 0 amide bonds. The third kappa shape index (κ3) is 2.58. The van der Waals surface area contributed by atoms with Gasteiger partial charge in [-0.05, 0) is 19.8 Å². The van der Waals surface area contributed by atoms with Crippen molar-refractivity contribution < 1.29 is 0 Å². The van der Waals surface area contributed by atoms with Gasteiger partial charge in [-0.2, -0.15) is 0 Å². The molecule has 4 heteroatoms. The summed E-state index contributed by atoms with van der Waals surface area (Å²) >= 11 is 5.96. The van der Waals surface area contributed by atoms with Gasteiger partial charge in [0.15, 0.2) is 0 Å². The van der Waals surface area contributed by atoms with Crippen molar-refractivity contribution in [2.75, 3.05) is 0 Å². The van der Waals surface area contributed by atoms with Crippen molar-refractivity contribution in [3.05, 3.63) is 17.2 Å². The second-order valence-corrected chi connectivity index (χ2v) is 5.42. The van der Waals surface area contributed by atoms with E-state index >= 15 is 0 Å². The van der Waals surface area contributed by atoms with Crippen LogP contribution in [-0.4, -0.2) is 15.1 Å². The van der Waals surface area contributed by atoms with E-state index in [1.54, 1.807) is 6.20 Å². The topological polar surface area (TPSA) is 29.9 Å². The number of halogens is 1. The Morgan fingerprint density at radius 3 is 2.69 bits per heavy atom. The summed E-state index contributed by atoms with van der Waals surface area (Å²) in [5.41, 5.74) is 0.288. The lowest BCUT2D eigenvalue weighted by Crippen LogP contribution is -2.43. The van der Waals surface area contributed by atoms with Crippen LogP contribution in [-0.2, 0) is 13.6 Å². The zero-order valence-corrected chi connectivity index (χ0v) is 10.8. The number of hydrogen-bond donors (Lipinski definition) is 1. The predicted octanol–water partition coefficient (Wildman–Crippen LogP) is 2.89. The van der Waals surface area contributed by atoms with E-state index in [2.05, 4.69) is 17.2 Å². The molecule has 16 heavy (non-hydrogen) atoms. The van der Waals surface area contributed by atoms with Crippen molar-refractivity contribution in [2.45, 2.75) is 51.1 Å². The van der Waals surface area contributed by atoms with Crippen LogP contribution < -0.4 is 5.32 Å². The molecule has 2 rings (SSSR count). The van der Waals surface area contributed by atoms with Crippen LogP contribution in [0.15, 0.2) is 6.20 Å². The molecule has 1 heterocycles. The van der Waals surface area contributed by atoms with E-state index in [4.69, 9.17) is 11.6 Å². The van der Waals surface area contributed by atoms with E-state index < -0.39 is 0 Å². The van der Waals surface area contributed by atoms with Crippen LogP contribution in [0.25, 0.3) is 0 Å². The molecule has 0 aliphatic heterocycles. The molecule has 1 N–H and O–H groups in total. The van der Waals surface area contributed by atoms with E-state index in [9.17, 15) is 0 Å². The van der Waals surface area contributed by atoms with Crippen molar-refractivity contribution in [1.29, 1.82) is 0 Å². The number of rotatable bonds is 3. The lowest BCUT2D eigenvalue weighted by Gasteiger charge is -2.34. The van der Waals surface area contributed by atoms with Crippen molar-refractivity contribution in [1.82, 2.24) is 14.9 Å². The summed E-state index contributed by atoms with van der Waals surface area (Å²) < 4.78 is 1.93. The van der Waals surface area contributed by atoms with Crippen LogP contribution >= 0.6 is 11.6 Å². The van der Waals surface area contributed by atoms with E-state index in [0.717, 1.165) is 12.4 Å². The van der Waals surface area contributed by atoms with E-state index in [0.29, 0.717) is 5.15 Å². The molecule has 0 radical (unpaired) electrons. The average molecular weight is 242 g/mol. The Hall–Kier alpha value is -0.540. The largest absolute Gasteiger partial charge is 0.321 e. The van der Waals surface area contributed by atoms with Gasteiger partial charge in [0.25, 0.3) is 0 Å². The van der Waals surface area contributed by atoms with Gasteiger partial charge in [0, 0.05) is 12.6 Å². The lowest BCUT2D eigenvalue weighted by atomic mass is 9.83. The first kappa shape index (κ1) is 11.9. The lowest BCUT2D eigenvalue weighted by molar-refractivity contribution is 0.249. The molecule has 0 atom stereocenters. The second kappa shape index (κ2) is 4.76. The van der Waals surface area contributed by atoms with E-state index in [-0.39, 0.29) is 5.54 Å². The minimum Gasteiger partial charge on any atom is -0.321 e. The fourth-order valence-electron chi connectivity index (χ4n) is 2.39. The highest BCUT2D eigenvalue weighted by molar-refractivity contribution is 6.29. The Balaban J connectivity index is 1.93. The minimum absolute atomic E-state index is 0.288. The molecule has 0 aromatic carbocycles. The fourth-order valence-corrected chi connectivity index (χ4v) is 2.54. The van der Waals surface area contributed by atoms with Crippen molar-refractivity contribution in [3.63, 3.8) is 0 Å². The quantitative estimate of drug-likeness (QED) is 0.882. The minimum atomic E-state index is 0.288. The number of hydrogen-bond acceptors (Lipinski definition) is 2. The molecule has 1 aromatic rings. The van der Waals surface area contributed by atoms with Gasteiger partial charge in [-0.1, -0.05) is 30.9 Å². The van der Waals surface area contributed by atoms with E-state index in [1.807, 2.05) is 11.6 Å². The van der Waals surface area contributed by atoms with Gasteiger partial charge in [0.1, 0.15) is 11.0 Å². The fraction of sp³-hybridized carbons (Fsp3) is 0.750. The second-order valence-electron chi connectivity index (χ2n) is 5.03. The average Bonchev–Trinajstić information content (AvgIpc) is 2.58. The van der Waals surface area contributed by atoms with Crippen molar-refractivity contribution >= 4 is 11.6 Å². The van der Waals surface area contributed by atoms with Gasteiger partial charge >= 0.3 is 0 Å². The maximum absolute atomic E-state index is 5.96. The van der Waals surface area contributed by atoms with Crippen LogP contribution in [0, 0.1) is 0 Å². The van der Waals surface area contributed by atoms with Crippen molar-refractivity contribution in [3.8, 4) is 0 Å². The normalized spacial score (nSPS) is 19.9. The van der Waals surface area contributed by atoms with Gasteiger partial charge in [-0.15, -0.1) is 0 Å². The number of nitrogens with one attached hydrogen (secondary N) is 1. The molecule has 0 saturated heterocycles. The summed E-state index contributed by atoms with van der Waals surface area (Å²) in [7, 11) is 1.95. The molecular formula is C12H20ClN3. The SMILES string of the molecule is Cn1c(Cl)cnc1CNC1(C)CCCCC1. The summed E-state index contributed by atoms with van der Waals surface area (Å²) in [6.07, 6.45) is 8.30. The number of nitrogens with zero attached hydrogens (tertiary/aromatic N) is 2. The Labute approximate surface area is 102 Å². The molecule has 90 valence electrons. The maximum atomic E-state index is 5.96. The molecule has 1 saturated carbocycles. The summed E-state index contributed by atoms with van der Waals surface area (Å²) in [5.74, 6) is 1.01. The van der Waals surface area contributed by atoms with Crippen LogP contribution in [0.4, 0.5) is 0 Å². The first-order valence-electron chi connectivity index (χ1n) is 6.02. The first-order chi connectivity index (χ1) is 7.61. The molecule has 1 aromatic heterocycles. The van der Waals surface area contributed by atoms with Crippen molar-refractivity contribution in [2.24, 2.45) is 7.05 Å². The first-order valence-corrected chi connectivity index (χ1v) is 6.40. The molecular weight excluding hydrogens is 222 g/mol. The Morgan fingerprint density at radius 1 is 1.44 bits per heavy atom. The smallest absolute Gasteiger partial charge is 0.128 e. The summed E-state index contributed by atoms with van der Waals surface area (Å²) in [6.45, 7) is 3.12. The highest BCUT2D eigenvalue weighted by Crippen LogP contribution is 2.27. The molecule has 3 nitrogen and oxygen atoms in total. The highest BCUT2D eigenvalue weighted by atomic mass is 35.5. The molecule has 0 bridgehead atoms. The van der Waals surface area contributed by atoms with Gasteiger partial charge in [-0.25, -0.2) is 4.98 Å². The van der Waals surface area contributed by atoms with Crippen LogP contribution in [0.3, 0.4) is 0 Å². The standard InChI is InChI=1S/C12H20ClN3/c1-12(6-4-3-5-7-12)15-9-11-14-8-10(13)16(11)2/h8,15H,3-7,9H2,1-2H3. The molecule has 1 fully saturated rings. The Kier molecular flexibility index (Phi) is 3.55. The van der Waals surface area contributed by atoms with Gasteiger partial charge in [0.05, 0.1) is 12.7 Å². The Morgan fingerprint density at radius 2 is 2.12 bits per heavy atom. The molecule has 1 aliphatic carbocycles. The molecule has 1 aliphatic rings. The third-order valence-electron chi connectivity index (χ3n) is 3.66. The van der Waals surface area contributed by atoms with Gasteiger partial charge in [0.2, 0.25) is 0 Å². The Bertz CT molecular complexity index is 353. The van der Waals surface area contributed by atoms with Crippen LogP contribution in [0.1, 0.15) is 44.9 Å².